The molecule has 1 aromatic carbocycles. The lowest BCUT2D eigenvalue weighted by Crippen LogP contribution is -2.39. The van der Waals surface area contributed by atoms with Crippen molar-refractivity contribution in [2.24, 2.45) is 11.7 Å². The van der Waals surface area contributed by atoms with Crippen molar-refractivity contribution in [3.63, 3.8) is 0 Å². The normalized spacial score (nSPS) is 19.0. The van der Waals surface area contributed by atoms with Crippen LogP contribution in [0.4, 0.5) is 0 Å². The highest BCUT2D eigenvalue weighted by molar-refractivity contribution is 9.10. The number of halogens is 1. The standard InChI is InChI=1S/C16H17BrN2O/c17-13-5-6-14(19-9-13)8-15(18)12-7-11-3-1-2-4-16(11)20-10-12/h1-6,9,12,15H,7-8,10,18H2. The highest BCUT2D eigenvalue weighted by atomic mass is 79.9. The minimum Gasteiger partial charge on any atom is -0.493 e. The average Bonchev–Trinajstić information content (AvgIpc) is 2.49. The van der Waals surface area contributed by atoms with Gasteiger partial charge in [-0.1, -0.05) is 18.2 Å². The Bertz CT molecular complexity index is 585. The number of fused-ring (bicyclic) bond motifs is 1. The quantitative estimate of drug-likeness (QED) is 0.939. The Hall–Kier alpha value is -1.39. The van der Waals surface area contributed by atoms with E-state index in [-0.39, 0.29) is 6.04 Å². The number of benzene rings is 1. The third-order valence-electron chi connectivity index (χ3n) is 3.75. The molecule has 0 fully saturated rings. The monoisotopic (exact) mass is 332 g/mol. The molecule has 20 heavy (non-hydrogen) atoms. The van der Waals surface area contributed by atoms with E-state index in [0.717, 1.165) is 28.8 Å². The Morgan fingerprint density at radius 3 is 2.95 bits per heavy atom. The molecule has 2 aromatic rings. The first-order valence-electron chi connectivity index (χ1n) is 6.79. The first-order chi connectivity index (χ1) is 9.72. The largest absolute Gasteiger partial charge is 0.493 e. The van der Waals surface area contributed by atoms with Gasteiger partial charge in [-0.15, -0.1) is 0 Å². The highest BCUT2D eigenvalue weighted by Crippen LogP contribution is 2.28. The van der Waals surface area contributed by atoms with Crippen LogP contribution >= 0.6 is 15.9 Å². The molecule has 0 saturated carbocycles. The second-order valence-corrected chi connectivity index (χ2v) is 6.13. The van der Waals surface area contributed by atoms with Crippen LogP contribution in [-0.4, -0.2) is 17.6 Å². The first kappa shape index (κ1) is 13.6. The molecular weight excluding hydrogens is 316 g/mol. The van der Waals surface area contributed by atoms with Gasteiger partial charge in [0.2, 0.25) is 0 Å². The van der Waals surface area contributed by atoms with Gasteiger partial charge in [-0.05, 0) is 46.1 Å². The molecule has 1 aromatic heterocycles. The van der Waals surface area contributed by atoms with Gasteiger partial charge in [-0.25, -0.2) is 0 Å². The highest BCUT2D eigenvalue weighted by Gasteiger charge is 2.25. The van der Waals surface area contributed by atoms with E-state index in [9.17, 15) is 0 Å². The van der Waals surface area contributed by atoms with Crippen LogP contribution in [0.15, 0.2) is 47.1 Å². The minimum absolute atomic E-state index is 0.0667. The molecule has 0 aliphatic carbocycles. The Kier molecular flexibility index (Phi) is 4.03. The Morgan fingerprint density at radius 2 is 2.15 bits per heavy atom. The van der Waals surface area contributed by atoms with Crippen molar-refractivity contribution in [2.45, 2.75) is 18.9 Å². The second kappa shape index (κ2) is 5.94. The van der Waals surface area contributed by atoms with Gasteiger partial charge in [0.1, 0.15) is 5.75 Å². The van der Waals surface area contributed by atoms with Gasteiger partial charge in [0.25, 0.3) is 0 Å². The summed E-state index contributed by atoms with van der Waals surface area (Å²) < 4.78 is 6.80. The Morgan fingerprint density at radius 1 is 1.30 bits per heavy atom. The van der Waals surface area contributed by atoms with Gasteiger partial charge in [0, 0.05) is 34.7 Å². The van der Waals surface area contributed by atoms with Gasteiger partial charge < -0.3 is 10.5 Å². The summed E-state index contributed by atoms with van der Waals surface area (Å²) in [5.74, 6) is 1.34. The number of para-hydroxylation sites is 1. The Labute approximate surface area is 127 Å². The summed E-state index contributed by atoms with van der Waals surface area (Å²) in [6, 6.07) is 12.3. The van der Waals surface area contributed by atoms with Crippen LogP contribution in [0.1, 0.15) is 11.3 Å². The lowest BCUT2D eigenvalue weighted by atomic mass is 9.88. The Balaban J connectivity index is 1.67. The number of ether oxygens (including phenoxy) is 1. The molecule has 3 nitrogen and oxygen atoms in total. The van der Waals surface area contributed by atoms with E-state index in [2.05, 4.69) is 27.0 Å². The molecular formula is C16H17BrN2O. The lowest BCUT2D eigenvalue weighted by molar-refractivity contribution is 0.198. The fraction of sp³-hybridized carbons (Fsp3) is 0.312. The fourth-order valence-electron chi connectivity index (χ4n) is 2.56. The molecule has 0 saturated heterocycles. The summed E-state index contributed by atoms with van der Waals surface area (Å²) in [5.41, 5.74) is 8.62. The third kappa shape index (κ3) is 3.02. The molecule has 2 atom stereocenters. The zero-order chi connectivity index (χ0) is 13.9. The van der Waals surface area contributed by atoms with Crippen molar-refractivity contribution < 1.29 is 4.74 Å². The maximum Gasteiger partial charge on any atom is 0.122 e. The van der Waals surface area contributed by atoms with Crippen molar-refractivity contribution >= 4 is 15.9 Å². The molecule has 3 rings (SSSR count). The number of hydrogen-bond donors (Lipinski definition) is 1. The van der Waals surface area contributed by atoms with Crippen LogP contribution in [0, 0.1) is 5.92 Å². The molecule has 1 aliphatic heterocycles. The topological polar surface area (TPSA) is 48.1 Å². The maximum absolute atomic E-state index is 6.34. The van der Waals surface area contributed by atoms with Crippen molar-refractivity contribution in [1.29, 1.82) is 0 Å². The van der Waals surface area contributed by atoms with E-state index < -0.39 is 0 Å². The number of pyridine rings is 1. The smallest absolute Gasteiger partial charge is 0.122 e. The summed E-state index contributed by atoms with van der Waals surface area (Å²) in [5, 5.41) is 0. The van der Waals surface area contributed by atoms with Crippen LogP contribution in [0.2, 0.25) is 0 Å². The zero-order valence-corrected chi connectivity index (χ0v) is 12.7. The number of hydrogen-bond acceptors (Lipinski definition) is 3. The summed E-state index contributed by atoms with van der Waals surface area (Å²) in [4.78, 5) is 4.39. The molecule has 2 heterocycles. The second-order valence-electron chi connectivity index (χ2n) is 5.22. The van der Waals surface area contributed by atoms with E-state index in [4.69, 9.17) is 10.5 Å². The van der Waals surface area contributed by atoms with E-state index in [0.29, 0.717) is 12.5 Å². The molecule has 2 unspecified atom stereocenters. The number of aromatic nitrogens is 1. The molecule has 104 valence electrons. The van der Waals surface area contributed by atoms with Crippen LogP contribution in [0.25, 0.3) is 0 Å². The third-order valence-corrected chi connectivity index (χ3v) is 4.22. The first-order valence-corrected chi connectivity index (χ1v) is 7.58. The van der Waals surface area contributed by atoms with Crippen molar-refractivity contribution in [1.82, 2.24) is 4.98 Å². The van der Waals surface area contributed by atoms with Crippen molar-refractivity contribution in [3.8, 4) is 5.75 Å². The molecule has 1 aliphatic rings. The van der Waals surface area contributed by atoms with E-state index in [1.54, 1.807) is 0 Å². The van der Waals surface area contributed by atoms with Gasteiger partial charge in [-0.2, -0.15) is 0 Å². The molecule has 0 amide bonds. The molecule has 0 spiro atoms. The van der Waals surface area contributed by atoms with Gasteiger partial charge in [0.15, 0.2) is 0 Å². The zero-order valence-electron chi connectivity index (χ0n) is 11.1. The summed E-state index contributed by atoms with van der Waals surface area (Å²) >= 11 is 3.39. The van der Waals surface area contributed by atoms with E-state index >= 15 is 0 Å². The SMILES string of the molecule is NC(Cc1ccc(Br)cn1)C1COc2ccccc2C1. The van der Waals surface area contributed by atoms with Crippen molar-refractivity contribution in [3.05, 3.63) is 58.3 Å². The average molecular weight is 333 g/mol. The van der Waals surface area contributed by atoms with Gasteiger partial charge in [0.05, 0.1) is 6.61 Å². The van der Waals surface area contributed by atoms with Gasteiger partial charge in [-0.3, -0.25) is 4.98 Å². The maximum atomic E-state index is 6.34. The summed E-state index contributed by atoms with van der Waals surface area (Å²) in [6.07, 6.45) is 3.58. The van der Waals surface area contributed by atoms with E-state index in [1.165, 1.54) is 5.56 Å². The number of nitrogens with zero attached hydrogens (tertiary/aromatic N) is 1. The van der Waals surface area contributed by atoms with Gasteiger partial charge >= 0.3 is 0 Å². The fourth-order valence-corrected chi connectivity index (χ4v) is 2.80. The lowest BCUT2D eigenvalue weighted by Gasteiger charge is -2.29. The summed E-state index contributed by atoms with van der Waals surface area (Å²) in [7, 11) is 0. The minimum atomic E-state index is 0.0667. The van der Waals surface area contributed by atoms with E-state index in [1.807, 2.05) is 36.5 Å². The summed E-state index contributed by atoms with van der Waals surface area (Å²) in [6.45, 7) is 0.689. The van der Waals surface area contributed by atoms with Crippen LogP contribution in [0.5, 0.6) is 5.75 Å². The molecule has 0 radical (unpaired) electrons. The molecule has 4 heteroatoms. The molecule has 0 bridgehead atoms. The number of nitrogens with two attached hydrogens (primary N) is 1. The molecule has 2 N–H and O–H groups in total. The predicted octanol–water partition coefficient (Wildman–Crippen LogP) is 2.97. The van der Waals surface area contributed by atoms with Crippen LogP contribution < -0.4 is 10.5 Å². The van der Waals surface area contributed by atoms with Crippen LogP contribution in [-0.2, 0) is 12.8 Å². The predicted molar refractivity (Wildman–Crippen MR) is 82.7 cm³/mol. The van der Waals surface area contributed by atoms with Crippen LogP contribution in [0.3, 0.4) is 0 Å². The number of rotatable bonds is 3. The van der Waals surface area contributed by atoms with Crippen molar-refractivity contribution in [2.75, 3.05) is 6.61 Å².